The van der Waals surface area contributed by atoms with Gasteiger partial charge in [0.05, 0.1) is 13.7 Å². The van der Waals surface area contributed by atoms with Crippen molar-refractivity contribution in [2.75, 3.05) is 5.73 Å². The van der Waals surface area contributed by atoms with E-state index in [-0.39, 0.29) is 5.82 Å². The van der Waals surface area contributed by atoms with E-state index in [2.05, 4.69) is 15.9 Å². The number of rotatable bonds is 2. The van der Waals surface area contributed by atoms with Crippen molar-refractivity contribution < 1.29 is 9.13 Å². The molecule has 5 heteroatoms. The van der Waals surface area contributed by atoms with Crippen LogP contribution in [0.5, 0.6) is 11.5 Å². The third-order valence-corrected chi connectivity index (χ3v) is 3.81. The Kier molecular flexibility index (Phi) is 4.11. The highest BCUT2D eigenvalue weighted by atomic mass is 127. The average molecular weight is 422 g/mol. The molecule has 0 aliphatic carbocycles. The molecule has 0 fully saturated rings. The summed E-state index contributed by atoms with van der Waals surface area (Å²) in [6.07, 6.45) is 0. The topological polar surface area (TPSA) is 35.2 Å². The summed E-state index contributed by atoms with van der Waals surface area (Å²) in [5, 5.41) is 0. The Labute approximate surface area is 127 Å². The molecule has 0 amide bonds. The summed E-state index contributed by atoms with van der Waals surface area (Å²) < 4.78 is 20.4. The minimum Gasteiger partial charge on any atom is -0.454 e. The molecule has 0 aliphatic rings. The van der Waals surface area contributed by atoms with Gasteiger partial charge in [-0.05, 0) is 69.2 Å². The highest BCUT2D eigenvalue weighted by Crippen LogP contribution is 2.34. The minimum atomic E-state index is -0.344. The first kappa shape index (κ1) is 13.6. The fraction of sp³-hybridized carbons (Fsp3) is 0.0769. The molecule has 0 unspecified atom stereocenters. The normalized spacial score (nSPS) is 10.4. The maximum atomic E-state index is 13.5. The van der Waals surface area contributed by atoms with Gasteiger partial charge in [-0.1, -0.05) is 6.07 Å². The van der Waals surface area contributed by atoms with E-state index in [0.29, 0.717) is 20.8 Å². The molecule has 2 nitrogen and oxygen atoms in total. The van der Waals surface area contributed by atoms with Gasteiger partial charge in [0.15, 0.2) is 5.75 Å². The van der Waals surface area contributed by atoms with Crippen molar-refractivity contribution in [1.29, 1.82) is 0 Å². The van der Waals surface area contributed by atoms with Gasteiger partial charge in [0.2, 0.25) is 0 Å². The first-order chi connectivity index (χ1) is 8.47. The minimum absolute atomic E-state index is 0.317. The van der Waals surface area contributed by atoms with Crippen LogP contribution < -0.4 is 10.5 Å². The number of nitrogens with two attached hydrogens (primary N) is 1. The van der Waals surface area contributed by atoms with Crippen LogP contribution in [0.4, 0.5) is 10.1 Å². The number of ether oxygens (including phenoxy) is 1. The Bertz CT molecular complexity index is 604. The monoisotopic (exact) mass is 421 g/mol. The second-order valence-corrected chi connectivity index (χ2v) is 5.86. The van der Waals surface area contributed by atoms with Crippen LogP contribution in [-0.4, -0.2) is 0 Å². The molecule has 2 aromatic rings. The van der Waals surface area contributed by atoms with E-state index >= 15 is 0 Å². The Morgan fingerprint density at radius 1 is 1.22 bits per heavy atom. The highest BCUT2D eigenvalue weighted by molar-refractivity contribution is 14.1. The second-order valence-electron chi connectivity index (χ2n) is 3.84. The Hall–Kier alpha value is -0.820. The summed E-state index contributed by atoms with van der Waals surface area (Å²) in [5.74, 6) is 0.577. The van der Waals surface area contributed by atoms with Gasteiger partial charge in [-0.2, -0.15) is 0 Å². The van der Waals surface area contributed by atoms with Gasteiger partial charge in [0.25, 0.3) is 0 Å². The van der Waals surface area contributed by atoms with E-state index in [4.69, 9.17) is 10.5 Å². The zero-order chi connectivity index (χ0) is 13.3. The summed E-state index contributed by atoms with van der Waals surface area (Å²) in [6, 6.07) is 8.50. The van der Waals surface area contributed by atoms with Crippen molar-refractivity contribution in [1.82, 2.24) is 0 Å². The second kappa shape index (κ2) is 5.44. The lowest BCUT2D eigenvalue weighted by Crippen LogP contribution is -1.95. The smallest absolute Gasteiger partial charge is 0.153 e. The number of halogens is 3. The zero-order valence-electron chi connectivity index (χ0n) is 9.51. The van der Waals surface area contributed by atoms with Crippen molar-refractivity contribution in [3.05, 3.63) is 49.8 Å². The van der Waals surface area contributed by atoms with E-state index in [0.717, 1.165) is 10.0 Å². The van der Waals surface area contributed by atoms with Crippen molar-refractivity contribution >= 4 is 44.2 Å². The molecule has 2 N–H and O–H groups in total. The van der Waals surface area contributed by atoms with Gasteiger partial charge >= 0.3 is 0 Å². The van der Waals surface area contributed by atoms with Crippen LogP contribution in [0.2, 0.25) is 0 Å². The van der Waals surface area contributed by atoms with Crippen LogP contribution in [0.1, 0.15) is 5.56 Å². The van der Waals surface area contributed by atoms with Crippen LogP contribution in [0.3, 0.4) is 0 Å². The standard InChI is InChI=1S/C13H10BrFINO/c1-7-2-3-12(8(14)4-7)18-13-5-9(15)10(16)6-11(13)17/h2-6H,17H2,1H3. The molecule has 0 aromatic heterocycles. The number of benzene rings is 2. The molecule has 0 heterocycles. The fourth-order valence-electron chi connectivity index (χ4n) is 1.44. The van der Waals surface area contributed by atoms with Crippen molar-refractivity contribution in [2.24, 2.45) is 0 Å². The molecule has 2 aromatic carbocycles. The summed E-state index contributed by atoms with van der Waals surface area (Å²) in [7, 11) is 0. The lowest BCUT2D eigenvalue weighted by Gasteiger charge is -2.11. The van der Waals surface area contributed by atoms with Gasteiger partial charge < -0.3 is 10.5 Å². The average Bonchev–Trinajstić information content (AvgIpc) is 2.29. The maximum absolute atomic E-state index is 13.5. The van der Waals surface area contributed by atoms with Gasteiger partial charge in [-0.3, -0.25) is 0 Å². The zero-order valence-corrected chi connectivity index (χ0v) is 13.2. The number of hydrogen-bond acceptors (Lipinski definition) is 2. The Morgan fingerprint density at radius 3 is 2.61 bits per heavy atom. The van der Waals surface area contributed by atoms with Crippen molar-refractivity contribution in [3.63, 3.8) is 0 Å². The lowest BCUT2D eigenvalue weighted by molar-refractivity contribution is 0.475. The first-order valence-electron chi connectivity index (χ1n) is 5.16. The van der Waals surface area contributed by atoms with E-state index in [9.17, 15) is 4.39 Å². The molecular formula is C13H10BrFINO. The summed E-state index contributed by atoms with van der Waals surface area (Å²) in [5.41, 5.74) is 7.32. The molecule has 0 bridgehead atoms. The predicted molar refractivity (Wildman–Crippen MR) is 82.5 cm³/mol. The van der Waals surface area contributed by atoms with Gasteiger partial charge in [-0.15, -0.1) is 0 Å². The predicted octanol–water partition coefficient (Wildman–Crippen LogP) is 4.88. The van der Waals surface area contributed by atoms with Crippen LogP contribution in [0.25, 0.3) is 0 Å². The number of aryl methyl sites for hydroxylation is 1. The van der Waals surface area contributed by atoms with Crippen LogP contribution in [0, 0.1) is 16.3 Å². The molecule has 0 atom stereocenters. The summed E-state index contributed by atoms with van der Waals surface area (Å²) in [4.78, 5) is 0. The summed E-state index contributed by atoms with van der Waals surface area (Å²) in [6.45, 7) is 1.98. The Balaban J connectivity index is 2.37. The molecular weight excluding hydrogens is 412 g/mol. The molecule has 0 spiro atoms. The molecule has 94 valence electrons. The number of hydrogen-bond donors (Lipinski definition) is 1. The Morgan fingerprint density at radius 2 is 1.94 bits per heavy atom. The molecule has 0 saturated heterocycles. The molecule has 0 aliphatic heterocycles. The van der Waals surface area contributed by atoms with Gasteiger partial charge in [0, 0.05) is 6.07 Å². The SMILES string of the molecule is Cc1ccc(Oc2cc(F)c(I)cc2N)c(Br)c1. The van der Waals surface area contributed by atoms with Gasteiger partial charge in [-0.25, -0.2) is 4.39 Å². The van der Waals surface area contributed by atoms with Crippen LogP contribution in [0.15, 0.2) is 34.8 Å². The largest absolute Gasteiger partial charge is 0.454 e. The van der Waals surface area contributed by atoms with Crippen molar-refractivity contribution in [2.45, 2.75) is 6.92 Å². The molecule has 18 heavy (non-hydrogen) atoms. The molecule has 0 saturated carbocycles. The molecule has 0 radical (unpaired) electrons. The number of anilines is 1. The van der Waals surface area contributed by atoms with E-state index in [1.54, 1.807) is 6.07 Å². The summed E-state index contributed by atoms with van der Waals surface area (Å²) >= 11 is 5.29. The third-order valence-electron chi connectivity index (χ3n) is 2.36. The van der Waals surface area contributed by atoms with Crippen molar-refractivity contribution in [3.8, 4) is 11.5 Å². The van der Waals surface area contributed by atoms with Gasteiger partial charge in [0.1, 0.15) is 11.6 Å². The maximum Gasteiger partial charge on any atom is 0.153 e. The van der Waals surface area contributed by atoms with E-state index in [1.807, 2.05) is 47.7 Å². The van der Waals surface area contributed by atoms with Crippen LogP contribution >= 0.6 is 38.5 Å². The highest BCUT2D eigenvalue weighted by Gasteiger charge is 2.10. The lowest BCUT2D eigenvalue weighted by atomic mass is 10.2. The van der Waals surface area contributed by atoms with E-state index < -0.39 is 0 Å². The quantitative estimate of drug-likeness (QED) is 0.554. The first-order valence-corrected chi connectivity index (χ1v) is 7.03. The third kappa shape index (κ3) is 2.95. The van der Waals surface area contributed by atoms with E-state index in [1.165, 1.54) is 6.07 Å². The molecule has 2 rings (SSSR count). The number of nitrogen functional groups attached to an aromatic ring is 1. The fourth-order valence-corrected chi connectivity index (χ4v) is 2.50. The van der Waals surface area contributed by atoms with Crippen LogP contribution in [-0.2, 0) is 0 Å².